The number of nitrogens with zero attached hydrogens (tertiary/aromatic N) is 1. The predicted molar refractivity (Wildman–Crippen MR) is 73.8 cm³/mol. The second-order valence-corrected chi connectivity index (χ2v) is 5.04. The standard InChI is InChI=1S/C14H17FN2O4/c15-10-1-2-12(11(7-10)13(19)20)16-14(21)17-5-3-9(8-17)4-6-18/h1-2,7,9,18H,3-6,8H2,(H,16,21)(H,19,20). The first kappa shape index (κ1) is 15.2. The van der Waals surface area contributed by atoms with Crippen molar-refractivity contribution < 1.29 is 24.2 Å². The number of benzene rings is 1. The SMILES string of the molecule is O=C(O)c1cc(F)ccc1NC(=O)N1CCC(CCO)C1. The molecule has 0 spiro atoms. The molecule has 6 nitrogen and oxygen atoms in total. The lowest BCUT2D eigenvalue weighted by atomic mass is 10.1. The van der Waals surface area contributed by atoms with E-state index in [0.29, 0.717) is 19.5 Å². The molecule has 114 valence electrons. The van der Waals surface area contributed by atoms with E-state index in [-0.39, 0.29) is 23.8 Å². The van der Waals surface area contributed by atoms with Gasteiger partial charge in [-0.3, -0.25) is 0 Å². The number of carboxylic acids is 1. The second-order valence-electron chi connectivity index (χ2n) is 5.04. The van der Waals surface area contributed by atoms with E-state index in [1.165, 1.54) is 6.07 Å². The summed E-state index contributed by atoms with van der Waals surface area (Å²) in [5, 5.41) is 20.4. The van der Waals surface area contributed by atoms with Gasteiger partial charge in [0, 0.05) is 19.7 Å². The summed E-state index contributed by atoms with van der Waals surface area (Å²) < 4.78 is 13.1. The monoisotopic (exact) mass is 296 g/mol. The molecule has 21 heavy (non-hydrogen) atoms. The van der Waals surface area contributed by atoms with Crippen molar-refractivity contribution in [1.29, 1.82) is 0 Å². The second kappa shape index (κ2) is 6.53. The van der Waals surface area contributed by atoms with Crippen LogP contribution in [0, 0.1) is 11.7 Å². The van der Waals surface area contributed by atoms with Crippen LogP contribution in [-0.4, -0.2) is 46.8 Å². The molecule has 3 N–H and O–H groups in total. The lowest BCUT2D eigenvalue weighted by Crippen LogP contribution is -2.33. The van der Waals surface area contributed by atoms with Gasteiger partial charge in [-0.25, -0.2) is 14.0 Å². The van der Waals surface area contributed by atoms with Crippen LogP contribution in [0.25, 0.3) is 0 Å². The van der Waals surface area contributed by atoms with E-state index in [2.05, 4.69) is 5.32 Å². The molecule has 1 aromatic carbocycles. The molecule has 1 aliphatic heterocycles. The Morgan fingerprint density at radius 3 is 2.86 bits per heavy atom. The Morgan fingerprint density at radius 2 is 2.19 bits per heavy atom. The van der Waals surface area contributed by atoms with Gasteiger partial charge < -0.3 is 20.4 Å². The minimum absolute atomic E-state index is 0.0690. The highest BCUT2D eigenvalue weighted by atomic mass is 19.1. The van der Waals surface area contributed by atoms with Crippen molar-refractivity contribution in [2.75, 3.05) is 25.0 Å². The van der Waals surface area contributed by atoms with Gasteiger partial charge in [0.15, 0.2) is 0 Å². The van der Waals surface area contributed by atoms with E-state index in [1.807, 2.05) is 0 Å². The molecule has 0 aliphatic carbocycles. The summed E-state index contributed by atoms with van der Waals surface area (Å²) in [6, 6.07) is 2.79. The number of rotatable bonds is 4. The molecule has 1 fully saturated rings. The number of nitrogens with one attached hydrogen (secondary N) is 1. The van der Waals surface area contributed by atoms with Crippen LogP contribution in [0.1, 0.15) is 23.2 Å². The largest absolute Gasteiger partial charge is 0.478 e. The molecule has 1 aromatic rings. The van der Waals surface area contributed by atoms with Crippen molar-refractivity contribution in [3.8, 4) is 0 Å². The zero-order valence-corrected chi connectivity index (χ0v) is 11.4. The molecule has 0 bridgehead atoms. The number of urea groups is 1. The average Bonchev–Trinajstić information content (AvgIpc) is 2.89. The number of hydrogen-bond acceptors (Lipinski definition) is 3. The lowest BCUT2D eigenvalue weighted by molar-refractivity contribution is 0.0697. The Kier molecular flexibility index (Phi) is 4.74. The van der Waals surface area contributed by atoms with Crippen LogP contribution in [0.3, 0.4) is 0 Å². The molecule has 1 aliphatic rings. The molecular formula is C14H17FN2O4. The molecule has 1 unspecified atom stereocenters. The maximum atomic E-state index is 13.1. The van der Waals surface area contributed by atoms with Crippen LogP contribution < -0.4 is 5.32 Å². The fourth-order valence-electron chi connectivity index (χ4n) is 2.43. The maximum Gasteiger partial charge on any atom is 0.337 e. The van der Waals surface area contributed by atoms with Gasteiger partial charge >= 0.3 is 12.0 Å². The summed E-state index contributed by atoms with van der Waals surface area (Å²) in [7, 11) is 0. The molecule has 7 heteroatoms. The zero-order valence-electron chi connectivity index (χ0n) is 11.4. The molecular weight excluding hydrogens is 279 g/mol. The number of carboxylic acid groups (broad SMARTS) is 1. The summed E-state index contributed by atoms with van der Waals surface area (Å²) in [5.41, 5.74) is -0.214. The van der Waals surface area contributed by atoms with Gasteiger partial charge in [0.05, 0.1) is 11.3 Å². The Labute approximate surface area is 121 Å². The highest BCUT2D eigenvalue weighted by Gasteiger charge is 2.26. The van der Waals surface area contributed by atoms with Crippen molar-refractivity contribution in [3.63, 3.8) is 0 Å². The number of anilines is 1. The third-order valence-corrected chi connectivity index (χ3v) is 3.56. The van der Waals surface area contributed by atoms with Crippen LogP contribution in [0.5, 0.6) is 0 Å². The van der Waals surface area contributed by atoms with E-state index in [9.17, 15) is 14.0 Å². The smallest absolute Gasteiger partial charge is 0.337 e. The Hall–Kier alpha value is -2.15. The van der Waals surface area contributed by atoms with E-state index >= 15 is 0 Å². The Balaban J connectivity index is 2.05. The van der Waals surface area contributed by atoms with Gasteiger partial charge in [0.1, 0.15) is 5.82 Å². The lowest BCUT2D eigenvalue weighted by Gasteiger charge is -2.18. The van der Waals surface area contributed by atoms with Crippen LogP contribution in [0.4, 0.5) is 14.9 Å². The van der Waals surface area contributed by atoms with Crippen molar-refractivity contribution in [1.82, 2.24) is 4.90 Å². The minimum Gasteiger partial charge on any atom is -0.478 e. The fraction of sp³-hybridized carbons (Fsp3) is 0.429. The summed E-state index contributed by atoms with van der Waals surface area (Å²) >= 11 is 0. The van der Waals surface area contributed by atoms with E-state index in [4.69, 9.17) is 10.2 Å². The first-order valence-electron chi connectivity index (χ1n) is 6.71. The first-order valence-corrected chi connectivity index (χ1v) is 6.71. The van der Waals surface area contributed by atoms with Gasteiger partial charge in [0.2, 0.25) is 0 Å². The number of aromatic carboxylic acids is 1. The highest BCUT2D eigenvalue weighted by Crippen LogP contribution is 2.22. The molecule has 2 amide bonds. The molecule has 0 aromatic heterocycles. The molecule has 1 heterocycles. The van der Waals surface area contributed by atoms with Gasteiger partial charge in [-0.15, -0.1) is 0 Å². The minimum atomic E-state index is -1.30. The van der Waals surface area contributed by atoms with Gasteiger partial charge in [-0.05, 0) is 37.0 Å². The van der Waals surface area contributed by atoms with Crippen LogP contribution in [0.2, 0.25) is 0 Å². The number of likely N-dealkylation sites (tertiary alicyclic amines) is 1. The van der Waals surface area contributed by atoms with E-state index in [1.54, 1.807) is 4.90 Å². The number of halogens is 1. The van der Waals surface area contributed by atoms with Gasteiger partial charge in [-0.1, -0.05) is 0 Å². The fourth-order valence-corrected chi connectivity index (χ4v) is 2.43. The van der Waals surface area contributed by atoms with Crippen molar-refractivity contribution in [3.05, 3.63) is 29.6 Å². The summed E-state index contributed by atoms with van der Waals surface area (Å²) in [6.45, 7) is 1.16. The maximum absolute atomic E-state index is 13.1. The van der Waals surface area contributed by atoms with Gasteiger partial charge in [-0.2, -0.15) is 0 Å². The number of carbonyl (C=O) groups excluding carboxylic acids is 1. The van der Waals surface area contributed by atoms with Crippen molar-refractivity contribution >= 4 is 17.7 Å². The molecule has 0 radical (unpaired) electrons. The third-order valence-electron chi connectivity index (χ3n) is 3.56. The molecule has 0 saturated carbocycles. The first-order chi connectivity index (χ1) is 10.0. The normalized spacial score (nSPS) is 17.8. The van der Waals surface area contributed by atoms with Gasteiger partial charge in [0.25, 0.3) is 0 Å². The highest BCUT2D eigenvalue weighted by molar-refractivity contribution is 6.00. The van der Waals surface area contributed by atoms with Crippen molar-refractivity contribution in [2.45, 2.75) is 12.8 Å². The quantitative estimate of drug-likeness (QED) is 0.789. The predicted octanol–water partition coefficient (Wildman–Crippen LogP) is 1.76. The number of amides is 2. The van der Waals surface area contributed by atoms with E-state index < -0.39 is 17.8 Å². The number of hydrogen-bond donors (Lipinski definition) is 3. The van der Waals surface area contributed by atoms with Crippen LogP contribution in [-0.2, 0) is 0 Å². The Morgan fingerprint density at radius 1 is 1.43 bits per heavy atom. The number of aliphatic hydroxyl groups excluding tert-OH is 1. The summed E-state index contributed by atoms with van der Waals surface area (Å²) in [4.78, 5) is 24.7. The number of aliphatic hydroxyl groups is 1. The topological polar surface area (TPSA) is 89.9 Å². The van der Waals surface area contributed by atoms with E-state index in [0.717, 1.165) is 18.6 Å². The average molecular weight is 296 g/mol. The van der Waals surface area contributed by atoms with Crippen LogP contribution in [0.15, 0.2) is 18.2 Å². The third kappa shape index (κ3) is 3.69. The molecule has 1 saturated heterocycles. The summed E-state index contributed by atoms with van der Waals surface area (Å²) in [6.07, 6.45) is 1.45. The Bertz CT molecular complexity index is 550. The summed E-state index contributed by atoms with van der Waals surface area (Å²) in [5.74, 6) is -1.72. The van der Waals surface area contributed by atoms with Crippen molar-refractivity contribution in [2.24, 2.45) is 5.92 Å². The number of carbonyl (C=O) groups is 2. The van der Waals surface area contributed by atoms with Crippen LogP contribution >= 0.6 is 0 Å². The zero-order chi connectivity index (χ0) is 15.4. The molecule has 2 rings (SSSR count). The molecule has 1 atom stereocenters.